The van der Waals surface area contributed by atoms with Crippen LogP contribution < -0.4 is 10.6 Å². The molecule has 1 fully saturated rings. The molecule has 0 saturated carbocycles. The van der Waals surface area contributed by atoms with Crippen LogP contribution in [0, 0.1) is 5.41 Å². The van der Waals surface area contributed by atoms with E-state index in [0.717, 1.165) is 5.56 Å². The Hall–Kier alpha value is -1.42. The summed E-state index contributed by atoms with van der Waals surface area (Å²) in [6, 6.07) is 9.83. The lowest BCUT2D eigenvalue weighted by molar-refractivity contribution is 0.613. The van der Waals surface area contributed by atoms with E-state index in [2.05, 4.69) is 10.6 Å². The molecule has 0 bridgehead atoms. The molecule has 14 heavy (non-hydrogen) atoms. The number of amidine groups is 1. The standard InChI is InChI=1S/C10H11N3S/c1-10(7-5-3-2-4-6-7)8(11)12-9(14)13-10/h2-6H,1H3,(H3,11,12,13,14). The summed E-state index contributed by atoms with van der Waals surface area (Å²) in [7, 11) is 0. The summed E-state index contributed by atoms with van der Waals surface area (Å²) in [6.45, 7) is 1.94. The van der Waals surface area contributed by atoms with Gasteiger partial charge in [0.25, 0.3) is 0 Å². The van der Waals surface area contributed by atoms with Gasteiger partial charge in [0.05, 0.1) is 0 Å². The van der Waals surface area contributed by atoms with E-state index in [1.807, 2.05) is 37.3 Å². The molecule has 2 rings (SSSR count). The first-order chi connectivity index (χ1) is 6.63. The molecule has 1 aliphatic heterocycles. The average Bonchev–Trinajstić information content (AvgIpc) is 2.43. The van der Waals surface area contributed by atoms with Crippen molar-refractivity contribution in [3.63, 3.8) is 0 Å². The van der Waals surface area contributed by atoms with Gasteiger partial charge in [-0.15, -0.1) is 0 Å². The van der Waals surface area contributed by atoms with E-state index in [4.69, 9.17) is 17.6 Å². The van der Waals surface area contributed by atoms with E-state index in [-0.39, 0.29) is 0 Å². The molecule has 0 spiro atoms. The van der Waals surface area contributed by atoms with Crippen LogP contribution in [0.3, 0.4) is 0 Å². The lowest BCUT2D eigenvalue weighted by Gasteiger charge is -2.23. The molecule has 72 valence electrons. The van der Waals surface area contributed by atoms with Crippen molar-refractivity contribution in [2.45, 2.75) is 12.5 Å². The van der Waals surface area contributed by atoms with Crippen molar-refractivity contribution in [3.8, 4) is 0 Å². The van der Waals surface area contributed by atoms with Crippen molar-refractivity contribution >= 4 is 23.2 Å². The van der Waals surface area contributed by atoms with Gasteiger partial charge in [0.1, 0.15) is 11.4 Å². The fraction of sp³-hybridized carbons (Fsp3) is 0.200. The summed E-state index contributed by atoms with van der Waals surface area (Å²) < 4.78 is 0. The SMILES string of the molecule is CC1(c2ccccc2)NC(=S)NC1=N. The monoisotopic (exact) mass is 205 g/mol. The second-order valence-electron chi connectivity index (χ2n) is 3.45. The van der Waals surface area contributed by atoms with E-state index in [1.165, 1.54) is 0 Å². The van der Waals surface area contributed by atoms with Crippen LogP contribution in [0.2, 0.25) is 0 Å². The van der Waals surface area contributed by atoms with Crippen LogP contribution in [0.25, 0.3) is 0 Å². The highest BCUT2D eigenvalue weighted by Gasteiger charge is 2.38. The molecular weight excluding hydrogens is 194 g/mol. The zero-order valence-corrected chi connectivity index (χ0v) is 8.61. The summed E-state index contributed by atoms with van der Waals surface area (Å²) >= 11 is 4.98. The number of nitrogens with one attached hydrogen (secondary N) is 3. The number of rotatable bonds is 1. The number of hydrogen-bond acceptors (Lipinski definition) is 2. The van der Waals surface area contributed by atoms with Gasteiger partial charge >= 0.3 is 0 Å². The molecule has 4 heteroatoms. The van der Waals surface area contributed by atoms with Crippen molar-refractivity contribution < 1.29 is 0 Å². The maximum Gasteiger partial charge on any atom is 0.172 e. The van der Waals surface area contributed by atoms with Gasteiger partial charge in [-0.25, -0.2) is 0 Å². The average molecular weight is 205 g/mol. The quantitative estimate of drug-likeness (QED) is 0.607. The summed E-state index contributed by atoms with van der Waals surface area (Å²) in [5.74, 6) is 0.397. The fourth-order valence-electron chi connectivity index (χ4n) is 1.55. The van der Waals surface area contributed by atoms with Crippen molar-refractivity contribution in [2.75, 3.05) is 0 Å². The Bertz CT molecular complexity index is 388. The summed E-state index contributed by atoms with van der Waals surface area (Å²) in [6.07, 6.45) is 0. The van der Waals surface area contributed by atoms with E-state index in [9.17, 15) is 0 Å². The van der Waals surface area contributed by atoms with Crippen molar-refractivity contribution in [3.05, 3.63) is 35.9 Å². The van der Waals surface area contributed by atoms with Crippen LogP contribution in [0.5, 0.6) is 0 Å². The molecule has 3 nitrogen and oxygen atoms in total. The Morgan fingerprint density at radius 1 is 1.29 bits per heavy atom. The third-order valence-electron chi connectivity index (χ3n) is 2.45. The topological polar surface area (TPSA) is 47.9 Å². The smallest absolute Gasteiger partial charge is 0.172 e. The van der Waals surface area contributed by atoms with Crippen LogP contribution in [-0.2, 0) is 5.54 Å². The summed E-state index contributed by atoms with van der Waals surface area (Å²) in [5, 5.41) is 14.2. The molecule has 0 aromatic heterocycles. The van der Waals surface area contributed by atoms with E-state index >= 15 is 0 Å². The van der Waals surface area contributed by atoms with Gasteiger partial charge in [0, 0.05) is 0 Å². The van der Waals surface area contributed by atoms with E-state index in [1.54, 1.807) is 0 Å². The molecular formula is C10H11N3S. The van der Waals surface area contributed by atoms with Gasteiger partial charge in [0.2, 0.25) is 0 Å². The zero-order chi connectivity index (χ0) is 10.2. The van der Waals surface area contributed by atoms with Crippen molar-refractivity contribution in [2.24, 2.45) is 0 Å². The number of hydrogen-bond donors (Lipinski definition) is 3. The van der Waals surface area contributed by atoms with E-state index < -0.39 is 5.54 Å². The first-order valence-corrected chi connectivity index (χ1v) is 4.77. The predicted molar refractivity (Wildman–Crippen MR) is 60.4 cm³/mol. The third kappa shape index (κ3) is 1.28. The molecule has 1 heterocycles. The largest absolute Gasteiger partial charge is 0.346 e. The molecule has 1 aliphatic rings. The van der Waals surface area contributed by atoms with Gasteiger partial charge in [0.15, 0.2) is 5.11 Å². The number of thiocarbonyl (C=S) groups is 1. The Balaban J connectivity index is 2.43. The van der Waals surface area contributed by atoms with Crippen LogP contribution in [0.1, 0.15) is 12.5 Å². The highest BCUT2D eigenvalue weighted by molar-refractivity contribution is 7.80. The third-order valence-corrected chi connectivity index (χ3v) is 2.66. The lowest BCUT2D eigenvalue weighted by atomic mass is 9.92. The minimum atomic E-state index is -0.502. The fourth-order valence-corrected chi connectivity index (χ4v) is 1.85. The van der Waals surface area contributed by atoms with Gasteiger partial charge in [-0.2, -0.15) is 0 Å². The zero-order valence-electron chi connectivity index (χ0n) is 7.79. The first-order valence-electron chi connectivity index (χ1n) is 4.36. The van der Waals surface area contributed by atoms with E-state index in [0.29, 0.717) is 10.9 Å². The molecule has 3 N–H and O–H groups in total. The van der Waals surface area contributed by atoms with Crippen molar-refractivity contribution in [1.29, 1.82) is 5.41 Å². The molecule has 1 saturated heterocycles. The second kappa shape index (κ2) is 3.06. The van der Waals surface area contributed by atoms with Gasteiger partial charge in [-0.1, -0.05) is 30.3 Å². The highest BCUT2D eigenvalue weighted by Crippen LogP contribution is 2.23. The maximum absolute atomic E-state index is 7.81. The molecule has 0 amide bonds. The van der Waals surface area contributed by atoms with Crippen LogP contribution in [0.4, 0.5) is 0 Å². The lowest BCUT2D eigenvalue weighted by Crippen LogP contribution is -2.40. The number of benzene rings is 1. The van der Waals surface area contributed by atoms with Gasteiger partial charge in [-0.3, -0.25) is 5.41 Å². The highest BCUT2D eigenvalue weighted by atomic mass is 32.1. The van der Waals surface area contributed by atoms with Crippen LogP contribution >= 0.6 is 12.2 Å². The second-order valence-corrected chi connectivity index (χ2v) is 3.85. The van der Waals surface area contributed by atoms with Gasteiger partial charge in [-0.05, 0) is 24.7 Å². The molecule has 1 aromatic rings. The van der Waals surface area contributed by atoms with Gasteiger partial charge < -0.3 is 10.6 Å². The predicted octanol–water partition coefficient (Wildman–Crippen LogP) is 1.36. The van der Waals surface area contributed by atoms with Crippen molar-refractivity contribution in [1.82, 2.24) is 10.6 Å². The minimum Gasteiger partial charge on any atom is -0.346 e. The van der Waals surface area contributed by atoms with Crippen LogP contribution in [-0.4, -0.2) is 10.9 Å². The molecule has 1 atom stereocenters. The maximum atomic E-state index is 7.81. The molecule has 0 aliphatic carbocycles. The Kier molecular flexibility index (Phi) is 2.00. The Morgan fingerprint density at radius 2 is 1.93 bits per heavy atom. The van der Waals surface area contributed by atoms with Crippen LogP contribution in [0.15, 0.2) is 30.3 Å². The molecule has 1 unspecified atom stereocenters. The molecule has 0 radical (unpaired) electrons. The summed E-state index contributed by atoms with van der Waals surface area (Å²) in [4.78, 5) is 0. The molecule has 1 aromatic carbocycles. The normalized spacial score (nSPS) is 25.8. The first kappa shape index (κ1) is 9.15. The minimum absolute atomic E-state index is 0.397. The summed E-state index contributed by atoms with van der Waals surface area (Å²) in [5.41, 5.74) is 0.538. The Morgan fingerprint density at radius 3 is 2.43 bits per heavy atom. The Labute approximate surface area is 88.0 Å².